The van der Waals surface area contributed by atoms with Gasteiger partial charge in [0.05, 0.1) is 12.7 Å². The molecule has 20 heavy (non-hydrogen) atoms. The molecule has 0 aliphatic carbocycles. The minimum atomic E-state index is -3.28. The van der Waals surface area contributed by atoms with Crippen LogP contribution in [0.25, 0.3) is 0 Å². The van der Waals surface area contributed by atoms with Crippen LogP contribution in [-0.4, -0.2) is 20.6 Å². The molecule has 0 aliphatic heterocycles. The van der Waals surface area contributed by atoms with Crippen LogP contribution in [0.5, 0.6) is 0 Å². The van der Waals surface area contributed by atoms with Gasteiger partial charge in [-0.05, 0) is 35.7 Å². The Morgan fingerprint density at radius 1 is 1.15 bits per heavy atom. The maximum atomic E-state index is 11.8. The molecule has 5 nitrogen and oxygen atoms in total. The lowest BCUT2D eigenvalue weighted by Crippen LogP contribution is -2.14. The number of hydrogen-bond donors (Lipinski definition) is 2. The van der Waals surface area contributed by atoms with Crippen molar-refractivity contribution >= 4 is 38.6 Å². The van der Waals surface area contributed by atoms with Gasteiger partial charge in [-0.25, -0.2) is 8.42 Å². The van der Waals surface area contributed by atoms with E-state index in [2.05, 4.69) is 10.0 Å². The standard InChI is InChI=1S/C13H14N2O3S2/c1-20(17,18)15-11-6-4-10(5-7-11)14-13(16)9-12-3-2-8-19-12/h2-8,15H,9H2,1H3,(H,14,16). The van der Waals surface area contributed by atoms with Crippen LogP contribution in [0.1, 0.15) is 4.88 Å². The molecule has 1 aromatic carbocycles. The Bertz CT molecular complexity index is 677. The van der Waals surface area contributed by atoms with Crippen molar-refractivity contribution < 1.29 is 13.2 Å². The molecule has 0 unspecified atom stereocenters. The third-order valence-corrected chi connectivity index (χ3v) is 3.87. The number of thiophene rings is 1. The number of carbonyl (C=O) groups is 1. The number of rotatable bonds is 5. The van der Waals surface area contributed by atoms with E-state index in [-0.39, 0.29) is 5.91 Å². The maximum absolute atomic E-state index is 11.8. The van der Waals surface area contributed by atoms with Crippen LogP contribution in [0.3, 0.4) is 0 Å². The van der Waals surface area contributed by atoms with Crippen molar-refractivity contribution in [3.05, 3.63) is 46.7 Å². The number of carbonyl (C=O) groups excluding carboxylic acids is 1. The number of amides is 1. The van der Waals surface area contributed by atoms with Crippen LogP contribution in [0, 0.1) is 0 Å². The number of anilines is 2. The summed E-state index contributed by atoms with van der Waals surface area (Å²) in [5.74, 6) is -0.101. The van der Waals surface area contributed by atoms with Gasteiger partial charge in [0.1, 0.15) is 0 Å². The average molecular weight is 310 g/mol. The van der Waals surface area contributed by atoms with Gasteiger partial charge in [0, 0.05) is 16.3 Å². The SMILES string of the molecule is CS(=O)(=O)Nc1ccc(NC(=O)Cc2cccs2)cc1. The number of hydrogen-bond acceptors (Lipinski definition) is 4. The molecule has 0 radical (unpaired) electrons. The second-order valence-corrected chi connectivity index (χ2v) is 7.04. The van der Waals surface area contributed by atoms with E-state index in [1.807, 2.05) is 17.5 Å². The van der Waals surface area contributed by atoms with E-state index >= 15 is 0 Å². The van der Waals surface area contributed by atoms with Gasteiger partial charge in [0.2, 0.25) is 15.9 Å². The summed E-state index contributed by atoms with van der Waals surface area (Å²) in [4.78, 5) is 12.8. The fourth-order valence-electron chi connectivity index (χ4n) is 1.61. The molecule has 0 bridgehead atoms. The molecule has 1 amide bonds. The minimum Gasteiger partial charge on any atom is -0.326 e. The van der Waals surface area contributed by atoms with Crippen molar-refractivity contribution in [3.8, 4) is 0 Å². The van der Waals surface area contributed by atoms with Gasteiger partial charge in [0.25, 0.3) is 0 Å². The van der Waals surface area contributed by atoms with Gasteiger partial charge in [0.15, 0.2) is 0 Å². The Morgan fingerprint density at radius 3 is 2.35 bits per heavy atom. The van der Waals surface area contributed by atoms with Gasteiger partial charge in [-0.3, -0.25) is 9.52 Å². The fourth-order valence-corrected chi connectivity index (χ4v) is 2.88. The highest BCUT2D eigenvalue weighted by atomic mass is 32.2. The van der Waals surface area contributed by atoms with Crippen LogP contribution in [0.2, 0.25) is 0 Å². The number of benzene rings is 1. The van der Waals surface area contributed by atoms with E-state index in [4.69, 9.17) is 0 Å². The molecule has 0 spiro atoms. The molecule has 0 aliphatic rings. The van der Waals surface area contributed by atoms with Gasteiger partial charge in [-0.2, -0.15) is 0 Å². The average Bonchev–Trinajstić information content (AvgIpc) is 2.82. The Morgan fingerprint density at radius 2 is 1.80 bits per heavy atom. The summed E-state index contributed by atoms with van der Waals surface area (Å²) in [5.41, 5.74) is 1.09. The highest BCUT2D eigenvalue weighted by molar-refractivity contribution is 7.92. The van der Waals surface area contributed by atoms with Crippen molar-refractivity contribution in [2.24, 2.45) is 0 Å². The summed E-state index contributed by atoms with van der Waals surface area (Å²) >= 11 is 1.53. The molecule has 0 saturated heterocycles. The second-order valence-electron chi connectivity index (χ2n) is 4.26. The Labute approximate surface area is 121 Å². The first-order chi connectivity index (χ1) is 9.42. The smallest absolute Gasteiger partial charge is 0.229 e. The predicted octanol–water partition coefficient (Wildman–Crippen LogP) is 2.30. The second kappa shape index (κ2) is 6.06. The molecule has 0 fully saturated rings. The van der Waals surface area contributed by atoms with E-state index in [1.54, 1.807) is 24.3 Å². The first-order valence-corrected chi connectivity index (χ1v) is 8.59. The third kappa shape index (κ3) is 4.67. The van der Waals surface area contributed by atoms with E-state index in [0.29, 0.717) is 17.8 Å². The maximum Gasteiger partial charge on any atom is 0.229 e. The normalized spacial score (nSPS) is 11.1. The zero-order chi connectivity index (χ0) is 14.6. The Kier molecular flexibility index (Phi) is 4.41. The molecule has 7 heteroatoms. The molecule has 1 aromatic heterocycles. The lowest BCUT2D eigenvalue weighted by atomic mass is 10.2. The van der Waals surface area contributed by atoms with Crippen molar-refractivity contribution in [3.63, 3.8) is 0 Å². The van der Waals surface area contributed by atoms with E-state index in [0.717, 1.165) is 11.1 Å². The topological polar surface area (TPSA) is 75.3 Å². The molecule has 2 aromatic rings. The summed E-state index contributed by atoms with van der Waals surface area (Å²) in [6.07, 6.45) is 1.42. The molecule has 2 N–H and O–H groups in total. The highest BCUT2D eigenvalue weighted by Crippen LogP contribution is 2.15. The molecule has 0 saturated carbocycles. The van der Waals surface area contributed by atoms with Crippen LogP contribution < -0.4 is 10.0 Å². The zero-order valence-electron chi connectivity index (χ0n) is 10.8. The largest absolute Gasteiger partial charge is 0.326 e. The van der Waals surface area contributed by atoms with Gasteiger partial charge < -0.3 is 5.32 Å². The first kappa shape index (κ1) is 14.5. The predicted molar refractivity (Wildman–Crippen MR) is 81.6 cm³/mol. The highest BCUT2D eigenvalue weighted by Gasteiger charge is 2.06. The summed E-state index contributed by atoms with van der Waals surface area (Å²) in [6, 6.07) is 10.3. The first-order valence-electron chi connectivity index (χ1n) is 5.82. The molecule has 106 valence electrons. The fraction of sp³-hybridized carbons (Fsp3) is 0.154. The quantitative estimate of drug-likeness (QED) is 0.890. The molecule has 0 atom stereocenters. The van der Waals surface area contributed by atoms with Gasteiger partial charge >= 0.3 is 0 Å². The van der Waals surface area contributed by atoms with Crippen molar-refractivity contribution in [2.75, 3.05) is 16.3 Å². The summed E-state index contributed by atoms with van der Waals surface area (Å²) in [5, 5.41) is 4.69. The monoisotopic (exact) mass is 310 g/mol. The summed E-state index contributed by atoms with van der Waals surface area (Å²) < 4.78 is 24.5. The lowest BCUT2D eigenvalue weighted by molar-refractivity contribution is -0.115. The summed E-state index contributed by atoms with van der Waals surface area (Å²) in [7, 11) is -3.28. The van der Waals surface area contributed by atoms with E-state index in [1.165, 1.54) is 11.3 Å². The Balaban J connectivity index is 1.95. The van der Waals surface area contributed by atoms with Crippen LogP contribution in [0.4, 0.5) is 11.4 Å². The van der Waals surface area contributed by atoms with Crippen molar-refractivity contribution in [2.45, 2.75) is 6.42 Å². The lowest BCUT2D eigenvalue weighted by Gasteiger charge is -2.07. The van der Waals surface area contributed by atoms with Gasteiger partial charge in [-0.15, -0.1) is 11.3 Å². The number of sulfonamides is 1. The number of nitrogens with one attached hydrogen (secondary N) is 2. The molecular formula is C13H14N2O3S2. The van der Waals surface area contributed by atoms with E-state index < -0.39 is 10.0 Å². The van der Waals surface area contributed by atoms with Crippen LogP contribution in [-0.2, 0) is 21.2 Å². The molecule has 1 heterocycles. The minimum absolute atomic E-state index is 0.101. The third-order valence-electron chi connectivity index (χ3n) is 2.39. The van der Waals surface area contributed by atoms with Crippen molar-refractivity contribution in [1.82, 2.24) is 0 Å². The van der Waals surface area contributed by atoms with Crippen LogP contribution >= 0.6 is 11.3 Å². The van der Waals surface area contributed by atoms with Crippen LogP contribution in [0.15, 0.2) is 41.8 Å². The van der Waals surface area contributed by atoms with Gasteiger partial charge in [-0.1, -0.05) is 6.07 Å². The van der Waals surface area contributed by atoms with Crippen molar-refractivity contribution in [1.29, 1.82) is 0 Å². The zero-order valence-corrected chi connectivity index (χ0v) is 12.4. The Hall–Kier alpha value is -1.86. The van der Waals surface area contributed by atoms with E-state index in [9.17, 15) is 13.2 Å². The molecular weight excluding hydrogens is 296 g/mol. The summed E-state index contributed by atoms with van der Waals surface area (Å²) in [6.45, 7) is 0. The molecule has 2 rings (SSSR count).